The Morgan fingerprint density at radius 1 is 1.31 bits per heavy atom. The van der Waals surface area contributed by atoms with Gasteiger partial charge in [-0.1, -0.05) is 31.0 Å². The summed E-state index contributed by atoms with van der Waals surface area (Å²) in [4.78, 5) is 18.0. The molecule has 1 saturated heterocycles. The average molecular weight is 359 g/mol. The number of benzene rings is 1. The van der Waals surface area contributed by atoms with Gasteiger partial charge >= 0.3 is 0 Å². The highest BCUT2D eigenvalue weighted by Gasteiger charge is 2.30. The van der Waals surface area contributed by atoms with Gasteiger partial charge in [0.05, 0.1) is 17.0 Å². The predicted molar refractivity (Wildman–Crippen MR) is 103 cm³/mol. The van der Waals surface area contributed by atoms with Crippen LogP contribution in [0.3, 0.4) is 0 Å². The SMILES string of the molecule is CCNC(=NCc1ccccc1[N+](=O)[O-])NC1CCN(C2CCCC2)C1. The van der Waals surface area contributed by atoms with Crippen molar-refractivity contribution in [3.63, 3.8) is 0 Å². The van der Waals surface area contributed by atoms with E-state index in [0.717, 1.165) is 38.1 Å². The van der Waals surface area contributed by atoms with E-state index in [0.29, 0.717) is 18.2 Å². The number of aliphatic imine (C=N–C) groups is 1. The van der Waals surface area contributed by atoms with Crippen molar-refractivity contribution in [3.8, 4) is 0 Å². The lowest BCUT2D eigenvalue weighted by Crippen LogP contribution is -2.45. The van der Waals surface area contributed by atoms with Gasteiger partial charge in [-0.25, -0.2) is 4.99 Å². The fourth-order valence-corrected chi connectivity index (χ4v) is 4.01. The summed E-state index contributed by atoms with van der Waals surface area (Å²) in [5, 5.41) is 17.9. The maximum absolute atomic E-state index is 11.2. The molecule has 2 aliphatic rings. The number of hydrogen-bond acceptors (Lipinski definition) is 4. The second-order valence-electron chi connectivity index (χ2n) is 7.14. The molecule has 0 radical (unpaired) electrons. The van der Waals surface area contributed by atoms with Crippen LogP contribution in [0.1, 0.15) is 44.6 Å². The molecule has 1 aromatic carbocycles. The van der Waals surface area contributed by atoms with Crippen molar-refractivity contribution in [2.75, 3.05) is 19.6 Å². The van der Waals surface area contributed by atoms with Gasteiger partial charge in [0.1, 0.15) is 0 Å². The van der Waals surface area contributed by atoms with E-state index in [4.69, 9.17) is 0 Å². The molecule has 1 aromatic rings. The van der Waals surface area contributed by atoms with Crippen molar-refractivity contribution >= 4 is 11.6 Å². The van der Waals surface area contributed by atoms with Crippen LogP contribution in [0, 0.1) is 10.1 Å². The quantitative estimate of drug-likeness (QED) is 0.353. The minimum atomic E-state index is -0.346. The summed E-state index contributed by atoms with van der Waals surface area (Å²) < 4.78 is 0. The first kappa shape index (κ1) is 18.6. The second-order valence-corrected chi connectivity index (χ2v) is 7.14. The van der Waals surface area contributed by atoms with Gasteiger partial charge in [0.2, 0.25) is 0 Å². The third-order valence-electron chi connectivity index (χ3n) is 5.34. The van der Waals surface area contributed by atoms with E-state index in [-0.39, 0.29) is 10.6 Å². The third kappa shape index (κ3) is 4.72. The van der Waals surface area contributed by atoms with Crippen molar-refractivity contribution in [2.24, 2.45) is 4.99 Å². The number of nitrogens with zero attached hydrogens (tertiary/aromatic N) is 3. The first-order valence-corrected chi connectivity index (χ1v) is 9.68. The highest BCUT2D eigenvalue weighted by Crippen LogP contribution is 2.26. The highest BCUT2D eigenvalue weighted by molar-refractivity contribution is 5.80. The van der Waals surface area contributed by atoms with Gasteiger partial charge in [0.25, 0.3) is 5.69 Å². The van der Waals surface area contributed by atoms with Gasteiger partial charge in [-0.2, -0.15) is 0 Å². The molecule has 3 rings (SSSR count). The molecule has 1 aliphatic heterocycles. The van der Waals surface area contributed by atoms with E-state index in [9.17, 15) is 10.1 Å². The second kappa shape index (κ2) is 8.98. The minimum Gasteiger partial charge on any atom is -0.357 e. The lowest BCUT2D eigenvalue weighted by molar-refractivity contribution is -0.385. The number of para-hydroxylation sites is 1. The van der Waals surface area contributed by atoms with Crippen LogP contribution in [0.25, 0.3) is 0 Å². The lowest BCUT2D eigenvalue weighted by Gasteiger charge is -2.24. The first-order chi connectivity index (χ1) is 12.7. The minimum absolute atomic E-state index is 0.125. The maximum atomic E-state index is 11.2. The number of likely N-dealkylation sites (tertiary alicyclic amines) is 1. The summed E-state index contributed by atoms with van der Waals surface area (Å²) in [7, 11) is 0. The molecule has 7 nitrogen and oxygen atoms in total. The molecule has 1 saturated carbocycles. The van der Waals surface area contributed by atoms with E-state index < -0.39 is 0 Å². The summed E-state index contributed by atoms with van der Waals surface area (Å²) in [5.74, 6) is 0.740. The normalized spacial score (nSPS) is 21.9. The van der Waals surface area contributed by atoms with Gasteiger partial charge in [-0.05, 0) is 26.2 Å². The highest BCUT2D eigenvalue weighted by atomic mass is 16.6. The molecular weight excluding hydrogens is 330 g/mol. The fraction of sp³-hybridized carbons (Fsp3) is 0.632. The van der Waals surface area contributed by atoms with E-state index in [1.165, 1.54) is 31.7 Å². The molecule has 1 aliphatic carbocycles. The Hall–Kier alpha value is -2.15. The molecule has 2 fully saturated rings. The van der Waals surface area contributed by atoms with Crippen molar-refractivity contribution in [1.29, 1.82) is 0 Å². The van der Waals surface area contributed by atoms with Crippen LogP contribution in [-0.4, -0.2) is 47.5 Å². The molecule has 2 N–H and O–H groups in total. The standard InChI is InChI=1S/C19H29N5O2/c1-2-20-19(21-13-15-7-3-6-10-18(15)24(25)26)22-16-11-12-23(14-16)17-8-4-5-9-17/h3,6-7,10,16-17H,2,4-5,8-9,11-14H2,1H3,(H2,20,21,22). The van der Waals surface area contributed by atoms with Crippen molar-refractivity contribution < 1.29 is 4.92 Å². The third-order valence-corrected chi connectivity index (χ3v) is 5.34. The number of nitro groups is 1. The Labute approximate surface area is 155 Å². The Morgan fingerprint density at radius 2 is 2.08 bits per heavy atom. The monoisotopic (exact) mass is 359 g/mol. The van der Waals surface area contributed by atoms with Crippen molar-refractivity contribution in [2.45, 2.75) is 57.7 Å². The largest absolute Gasteiger partial charge is 0.357 e. The van der Waals surface area contributed by atoms with Gasteiger partial charge < -0.3 is 10.6 Å². The van der Waals surface area contributed by atoms with Crippen molar-refractivity contribution in [1.82, 2.24) is 15.5 Å². The Balaban J connectivity index is 1.60. The van der Waals surface area contributed by atoms with Gasteiger partial charge in [0, 0.05) is 37.8 Å². The predicted octanol–water partition coefficient (Wildman–Crippen LogP) is 2.67. The van der Waals surface area contributed by atoms with Gasteiger partial charge in [0.15, 0.2) is 5.96 Å². The molecule has 0 spiro atoms. The number of rotatable bonds is 6. The molecule has 1 unspecified atom stereocenters. The summed E-state index contributed by atoms with van der Waals surface area (Å²) in [5.41, 5.74) is 0.758. The summed E-state index contributed by atoms with van der Waals surface area (Å²) in [6.07, 6.45) is 6.50. The average Bonchev–Trinajstić information content (AvgIpc) is 3.31. The van der Waals surface area contributed by atoms with Crippen LogP contribution in [0.15, 0.2) is 29.3 Å². The van der Waals surface area contributed by atoms with E-state index in [1.54, 1.807) is 12.1 Å². The zero-order valence-corrected chi connectivity index (χ0v) is 15.5. The first-order valence-electron chi connectivity index (χ1n) is 9.68. The topological polar surface area (TPSA) is 82.8 Å². The molecule has 0 bridgehead atoms. The Kier molecular flexibility index (Phi) is 6.44. The van der Waals surface area contributed by atoms with E-state index in [2.05, 4.69) is 20.5 Å². The van der Waals surface area contributed by atoms with Crippen LogP contribution < -0.4 is 10.6 Å². The number of nitrogens with one attached hydrogen (secondary N) is 2. The van der Waals surface area contributed by atoms with Crippen LogP contribution in [0.2, 0.25) is 0 Å². The molecular formula is C19H29N5O2. The number of nitro benzene ring substituents is 1. The molecule has 7 heteroatoms. The molecule has 1 atom stereocenters. The lowest BCUT2D eigenvalue weighted by atomic mass is 10.2. The molecule has 26 heavy (non-hydrogen) atoms. The zero-order chi connectivity index (χ0) is 18.4. The van der Waals surface area contributed by atoms with Crippen LogP contribution in [0.4, 0.5) is 5.69 Å². The van der Waals surface area contributed by atoms with Crippen LogP contribution in [0.5, 0.6) is 0 Å². The fourth-order valence-electron chi connectivity index (χ4n) is 4.01. The summed E-state index contributed by atoms with van der Waals surface area (Å²) in [6.45, 7) is 5.29. The van der Waals surface area contributed by atoms with Gasteiger partial charge in [-0.15, -0.1) is 0 Å². The van der Waals surface area contributed by atoms with Crippen molar-refractivity contribution in [3.05, 3.63) is 39.9 Å². The van der Waals surface area contributed by atoms with Crippen LogP contribution in [-0.2, 0) is 6.54 Å². The van der Waals surface area contributed by atoms with E-state index in [1.807, 2.05) is 13.0 Å². The maximum Gasteiger partial charge on any atom is 0.274 e. The zero-order valence-electron chi connectivity index (χ0n) is 15.5. The molecule has 0 amide bonds. The summed E-state index contributed by atoms with van der Waals surface area (Å²) >= 11 is 0. The molecule has 1 heterocycles. The van der Waals surface area contributed by atoms with Gasteiger partial charge in [-0.3, -0.25) is 15.0 Å². The molecule has 142 valence electrons. The van der Waals surface area contributed by atoms with E-state index >= 15 is 0 Å². The number of guanidine groups is 1. The number of hydrogen-bond donors (Lipinski definition) is 2. The smallest absolute Gasteiger partial charge is 0.274 e. The summed E-state index contributed by atoms with van der Waals surface area (Å²) in [6, 6.07) is 7.94. The Bertz CT molecular complexity index is 643. The molecule has 0 aromatic heterocycles. The Morgan fingerprint density at radius 3 is 2.81 bits per heavy atom. The van der Waals surface area contributed by atoms with Crippen LogP contribution >= 0.6 is 0 Å².